The number of para-hydroxylation sites is 2. The Morgan fingerprint density at radius 3 is 2.81 bits per heavy atom. The number of hydrogen-bond donors (Lipinski definition) is 2. The first-order chi connectivity index (χ1) is 12.7. The highest BCUT2D eigenvalue weighted by Gasteiger charge is 2.14. The summed E-state index contributed by atoms with van der Waals surface area (Å²) in [5.41, 5.74) is 6.10. The van der Waals surface area contributed by atoms with Crippen LogP contribution in [0.15, 0.2) is 42.5 Å². The fraction of sp³-hybridized carbons (Fsp3) is 0.364. The molecule has 0 aliphatic heterocycles. The fourth-order valence-corrected chi connectivity index (χ4v) is 3.78. The van der Waals surface area contributed by atoms with Crippen LogP contribution in [0, 0.1) is 0 Å². The van der Waals surface area contributed by atoms with Gasteiger partial charge in [-0.2, -0.15) is 0 Å². The van der Waals surface area contributed by atoms with Crippen LogP contribution in [0.1, 0.15) is 54.7 Å². The third-order valence-corrected chi connectivity index (χ3v) is 5.28. The van der Waals surface area contributed by atoms with Gasteiger partial charge in [0.25, 0.3) is 0 Å². The topological polar surface area (TPSA) is 57.8 Å². The molecule has 2 aromatic carbocycles. The van der Waals surface area contributed by atoms with Crippen LogP contribution in [-0.2, 0) is 24.1 Å². The van der Waals surface area contributed by atoms with Gasteiger partial charge in [-0.3, -0.25) is 4.79 Å². The third kappa shape index (κ3) is 3.64. The van der Waals surface area contributed by atoms with Gasteiger partial charge in [-0.25, -0.2) is 4.98 Å². The number of carbonyl (C=O) groups is 1. The average Bonchev–Trinajstić information content (AvgIpc) is 3.09. The summed E-state index contributed by atoms with van der Waals surface area (Å²) >= 11 is 0. The van der Waals surface area contributed by atoms with E-state index in [1.54, 1.807) is 0 Å². The largest absolute Gasteiger partial charge is 0.350 e. The predicted octanol–water partition coefficient (Wildman–Crippen LogP) is 4.25. The monoisotopic (exact) mass is 347 g/mol. The number of nitrogens with one attached hydrogen (secondary N) is 2. The number of aromatic nitrogens is 2. The Kier molecular flexibility index (Phi) is 4.74. The number of fused-ring (bicyclic) bond motifs is 2. The lowest BCUT2D eigenvalue weighted by atomic mass is 9.89. The highest BCUT2D eigenvalue weighted by Crippen LogP contribution is 2.24. The minimum atomic E-state index is 0.0328. The molecule has 0 bridgehead atoms. The maximum Gasteiger partial charge on any atom is 0.220 e. The molecule has 1 atom stereocenters. The lowest BCUT2D eigenvalue weighted by Crippen LogP contribution is -2.27. The van der Waals surface area contributed by atoms with Crippen molar-refractivity contribution in [1.29, 1.82) is 0 Å². The third-order valence-electron chi connectivity index (χ3n) is 5.28. The van der Waals surface area contributed by atoms with E-state index in [1.807, 2.05) is 24.3 Å². The number of amides is 1. The van der Waals surface area contributed by atoms with Crippen molar-refractivity contribution in [2.45, 2.75) is 51.5 Å². The molecule has 3 aromatic rings. The number of H-pyrrole nitrogens is 1. The van der Waals surface area contributed by atoms with E-state index in [9.17, 15) is 4.79 Å². The van der Waals surface area contributed by atoms with Gasteiger partial charge in [0.1, 0.15) is 5.82 Å². The van der Waals surface area contributed by atoms with Gasteiger partial charge in [-0.05, 0) is 61.4 Å². The molecule has 0 spiro atoms. The number of aromatic amines is 1. The number of aryl methyl sites for hydroxylation is 3. The zero-order chi connectivity index (χ0) is 17.9. The van der Waals surface area contributed by atoms with Crippen LogP contribution in [0.4, 0.5) is 0 Å². The number of imidazole rings is 1. The van der Waals surface area contributed by atoms with E-state index in [0.717, 1.165) is 23.3 Å². The summed E-state index contributed by atoms with van der Waals surface area (Å²) < 4.78 is 0. The van der Waals surface area contributed by atoms with Crippen LogP contribution in [0.5, 0.6) is 0 Å². The summed E-state index contributed by atoms with van der Waals surface area (Å²) in [7, 11) is 0. The Labute approximate surface area is 154 Å². The Balaban J connectivity index is 1.35. The van der Waals surface area contributed by atoms with Crippen LogP contribution < -0.4 is 5.32 Å². The molecule has 134 valence electrons. The van der Waals surface area contributed by atoms with E-state index in [-0.39, 0.29) is 11.9 Å². The normalized spacial score (nSPS) is 14.8. The van der Waals surface area contributed by atoms with Crippen molar-refractivity contribution in [3.8, 4) is 0 Å². The maximum atomic E-state index is 12.4. The highest BCUT2D eigenvalue weighted by atomic mass is 16.1. The van der Waals surface area contributed by atoms with Gasteiger partial charge in [0.15, 0.2) is 0 Å². The predicted molar refractivity (Wildman–Crippen MR) is 104 cm³/mol. The van der Waals surface area contributed by atoms with E-state index in [2.05, 4.69) is 40.4 Å². The Hall–Kier alpha value is -2.62. The summed E-state index contributed by atoms with van der Waals surface area (Å²) in [5.74, 6) is 0.929. The van der Waals surface area contributed by atoms with Gasteiger partial charge < -0.3 is 10.3 Å². The molecular formula is C22H25N3O. The van der Waals surface area contributed by atoms with Gasteiger partial charge >= 0.3 is 0 Å². The second-order valence-electron chi connectivity index (χ2n) is 7.23. The molecule has 4 nitrogen and oxygen atoms in total. The van der Waals surface area contributed by atoms with Gasteiger partial charge in [0.05, 0.1) is 17.1 Å². The van der Waals surface area contributed by atoms with Gasteiger partial charge in [-0.15, -0.1) is 0 Å². The minimum Gasteiger partial charge on any atom is -0.350 e. The molecular weight excluding hydrogens is 322 g/mol. The van der Waals surface area contributed by atoms with Crippen molar-refractivity contribution in [1.82, 2.24) is 15.3 Å². The first-order valence-electron chi connectivity index (χ1n) is 9.54. The summed E-state index contributed by atoms with van der Waals surface area (Å²) in [6.45, 7) is 2.06. The molecule has 2 N–H and O–H groups in total. The van der Waals surface area contributed by atoms with E-state index in [4.69, 9.17) is 0 Å². The van der Waals surface area contributed by atoms with Crippen LogP contribution in [0.2, 0.25) is 0 Å². The van der Waals surface area contributed by atoms with E-state index in [1.165, 1.54) is 36.0 Å². The molecule has 1 heterocycles. The van der Waals surface area contributed by atoms with Crippen LogP contribution in [0.25, 0.3) is 11.0 Å². The first-order valence-corrected chi connectivity index (χ1v) is 9.54. The molecule has 0 fully saturated rings. The summed E-state index contributed by atoms with van der Waals surface area (Å²) in [4.78, 5) is 20.2. The fourth-order valence-electron chi connectivity index (χ4n) is 3.78. The van der Waals surface area contributed by atoms with Crippen molar-refractivity contribution in [2.24, 2.45) is 0 Å². The number of benzene rings is 2. The SMILES string of the molecule is CC(NC(=O)CCc1nc2ccccc2[nH]1)c1ccc2c(c1)CCCC2. The van der Waals surface area contributed by atoms with Crippen molar-refractivity contribution < 1.29 is 4.79 Å². The van der Waals surface area contributed by atoms with Gasteiger partial charge in [0.2, 0.25) is 5.91 Å². The zero-order valence-corrected chi connectivity index (χ0v) is 15.2. The molecule has 4 heteroatoms. The van der Waals surface area contributed by atoms with Crippen LogP contribution >= 0.6 is 0 Å². The smallest absolute Gasteiger partial charge is 0.220 e. The van der Waals surface area contributed by atoms with E-state index >= 15 is 0 Å². The molecule has 1 aliphatic rings. The molecule has 0 saturated heterocycles. The summed E-state index contributed by atoms with van der Waals surface area (Å²) in [5, 5.41) is 3.13. The average molecular weight is 347 g/mol. The molecule has 0 saturated carbocycles. The van der Waals surface area contributed by atoms with Crippen molar-refractivity contribution in [3.63, 3.8) is 0 Å². The molecule has 1 aliphatic carbocycles. The van der Waals surface area contributed by atoms with Gasteiger partial charge in [-0.1, -0.05) is 30.3 Å². The minimum absolute atomic E-state index is 0.0328. The number of rotatable bonds is 5. The number of nitrogens with zero attached hydrogens (tertiary/aromatic N) is 1. The standard InChI is InChI=1S/C22H25N3O/c1-15(17-11-10-16-6-2-3-7-18(16)14-17)23-22(26)13-12-21-24-19-8-4-5-9-20(19)25-21/h4-5,8-11,14-15H,2-3,6-7,12-13H2,1H3,(H,23,26)(H,24,25). The Morgan fingerprint density at radius 1 is 1.15 bits per heavy atom. The quantitative estimate of drug-likeness (QED) is 0.725. The van der Waals surface area contributed by atoms with E-state index in [0.29, 0.717) is 12.8 Å². The molecule has 26 heavy (non-hydrogen) atoms. The zero-order valence-electron chi connectivity index (χ0n) is 15.2. The first kappa shape index (κ1) is 16.8. The molecule has 1 unspecified atom stereocenters. The Morgan fingerprint density at radius 2 is 1.96 bits per heavy atom. The molecule has 1 amide bonds. The molecule has 1 aromatic heterocycles. The lowest BCUT2D eigenvalue weighted by Gasteiger charge is -2.20. The molecule has 0 radical (unpaired) electrons. The molecule has 4 rings (SSSR count). The number of hydrogen-bond acceptors (Lipinski definition) is 2. The van der Waals surface area contributed by atoms with Crippen molar-refractivity contribution >= 4 is 16.9 Å². The lowest BCUT2D eigenvalue weighted by molar-refractivity contribution is -0.121. The van der Waals surface area contributed by atoms with Gasteiger partial charge in [0, 0.05) is 12.8 Å². The number of carbonyl (C=O) groups excluding carboxylic acids is 1. The van der Waals surface area contributed by atoms with E-state index < -0.39 is 0 Å². The van der Waals surface area contributed by atoms with Crippen LogP contribution in [0.3, 0.4) is 0 Å². The van der Waals surface area contributed by atoms with Crippen molar-refractivity contribution in [2.75, 3.05) is 0 Å². The highest BCUT2D eigenvalue weighted by molar-refractivity contribution is 5.77. The Bertz CT molecular complexity index is 895. The summed E-state index contributed by atoms with van der Waals surface area (Å²) in [6.07, 6.45) is 5.98. The second kappa shape index (κ2) is 7.32. The maximum absolute atomic E-state index is 12.4. The second-order valence-corrected chi connectivity index (χ2v) is 7.23. The van der Waals surface area contributed by atoms with Crippen LogP contribution in [-0.4, -0.2) is 15.9 Å². The summed E-state index contributed by atoms with van der Waals surface area (Å²) in [6, 6.07) is 14.6. The van der Waals surface area contributed by atoms with Crippen molar-refractivity contribution in [3.05, 3.63) is 65.0 Å².